The monoisotopic (exact) mass is 280 g/mol. The van der Waals surface area contributed by atoms with Crippen LogP contribution in [0.15, 0.2) is 17.5 Å². The third kappa shape index (κ3) is 4.32. The predicted octanol–water partition coefficient (Wildman–Crippen LogP) is 3.24. The lowest BCUT2D eigenvalue weighted by molar-refractivity contribution is -0.123. The minimum atomic E-state index is -0.140. The molecule has 0 saturated heterocycles. The van der Waals surface area contributed by atoms with E-state index in [0.29, 0.717) is 6.04 Å². The molecule has 1 aliphatic rings. The second kappa shape index (κ2) is 7.06. The summed E-state index contributed by atoms with van der Waals surface area (Å²) in [7, 11) is 0. The van der Waals surface area contributed by atoms with Crippen LogP contribution in [0.5, 0.6) is 0 Å². The zero-order valence-electron chi connectivity index (χ0n) is 11.8. The molecule has 19 heavy (non-hydrogen) atoms. The molecule has 1 aliphatic carbocycles. The van der Waals surface area contributed by atoms with E-state index in [1.807, 2.05) is 13.0 Å². The first kappa shape index (κ1) is 14.5. The Morgan fingerprint density at radius 1 is 1.32 bits per heavy atom. The largest absolute Gasteiger partial charge is 0.352 e. The van der Waals surface area contributed by atoms with Gasteiger partial charge in [-0.3, -0.25) is 10.1 Å². The number of hydrogen-bond acceptors (Lipinski definition) is 3. The van der Waals surface area contributed by atoms with E-state index in [0.717, 1.165) is 12.8 Å². The highest BCUT2D eigenvalue weighted by molar-refractivity contribution is 7.10. The summed E-state index contributed by atoms with van der Waals surface area (Å²) < 4.78 is 0. The van der Waals surface area contributed by atoms with Crippen LogP contribution in [-0.4, -0.2) is 18.0 Å². The Bertz CT molecular complexity index is 385. The first-order valence-electron chi connectivity index (χ1n) is 7.26. The van der Waals surface area contributed by atoms with E-state index in [2.05, 4.69) is 29.0 Å². The fourth-order valence-corrected chi connectivity index (χ4v) is 3.39. The van der Waals surface area contributed by atoms with Gasteiger partial charge in [0.2, 0.25) is 5.91 Å². The average Bonchev–Trinajstić information content (AvgIpc) is 2.93. The molecule has 2 unspecified atom stereocenters. The van der Waals surface area contributed by atoms with Gasteiger partial charge in [-0.1, -0.05) is 25.3 Å². The summed E-state index contributed by atoms with van der Waals surface area (Å²) in [6.45, 7) is 4.05. The quantitative estimate of drug-likeness (QED) is 0.869. The second-order valence-electron chi connectivity index (χ2n) is 5.47. The topological polar surface area (TPSA) is 41.1 Å². The van der Waals surface area contributed by atoms with Gasteiger partial charge in [0.15, 0.2) is 0 Å². The van der Waals surface area contributed by atoms with Gasteiger partial charge in [0.25, 0.3) is 0 Å². The summed E-state index contributed by atoms with van der Waals surface area (Å²) in [6.07, 6.45) is 6.09. The van der Waals surface area contributed by atoms with Gasteiger partial charge in [0.1, 0.15) is 0 Å². The van der Waals surface area contributed by atoms with Gasteiger partial charge in [-0.05, 0) is 38.1 Å². The zero-order valence-corrected chi connectivity index (χ0v) is 12.6. The molecule has 1 heterocycles. The third-order valence-corrected chi connectivity index (χ3v) is 4.87. The number of hydrogen-bond donors (Lipinski definition) is 2. The van der Waals surface area contributed by atoms with Crippen LogP contribution in [0.25, 0.3) is 0 Å². The summed E-state index contributed by atoms with van der Waals surface area (Å²) in [5.41, 5.74) is 0. The molecule has 1 aromatic rings. The van der Waals surface area contributed by atoms with Crippen molar-refractivity contribution < 1.29 is 4.79 Å². The summed E-state index contributed by atoms with van der Waals surface area (Å²) in [6, 6.07) is 4.63. The predicted molar refractivity (Wildman–Crippen MR) is 80.3 cm³/mol. The third-order valence-electron chi connectivity index (χ3n) is 3.81. The lowest BCUT2D eigenvalue weighted by Crippen LogP contribution is -2.47. The zero-order chi connectivity index (χ0) is 13.7. The van der Waals surface area contributed by atoms with Gasteiger partial charge >= 0.3 is 0 Å². The van der Waals surface area contributed by atoms with E-state index in [4.69, 9.17) is 0 Å². The van der Waals surface area contributed by atoms with Crippen LogP contribution in [0.1, 0.15) is 56.9 Å². The molecule has 0 aromatic carbocycles. The van der Waals surface area contributed by atoms with Crippen molar-refractivity contribution >= 4 is 17.2 Å². The maximum atomic E-state index is 12.1. The van der Waals surface area contributed by atoms with Crippen molar-refractivity contribution in [3.8, 4) is 0 Å². The van der Waals surface area contributed by atoms with Gasteiger partial charge in [-0.2, -0.15) is 0 Å². The summed E-state index contributed by atoms with van der Waals surface area (Å²) >= 11 is 1.73. The number of carbonyl (C=O) groups is 1. The summed E-state index contributed by atoms with van der Waals surface area (Å²) in [4.78, 5) is 13.4. The molecule has 0 spiro atoms. The average molecular weight is 280 g/mol. The Hall–Kier alpha value is -0.870. The van der Waals surface area contributed by atoms with Crippen molar-refractivity contribution in [1.29, 1.82) is 0 Å². The van der Waals surface area contributed by atoms with Crippen LogP contribution in [-0.2, 0) is 4.79 Å². The van der Waals surface area contributed by atoms with E-state index in [1.54, 1.807) is 11.3 Å². The molecule has 2 N–H and O–H groups in total. The molecule has 4 heteroatoms. The molecule has 0 aliphatic heterocycles. The van der Waals surface area contributed by atoms with Crippen LogP contribution in [0.4, 0.5) is 0 Å². The van der Waals surface area contributed by atoms with Crippen molar-refractivity contribution in [1.82, 2.24) is 10.6 Å². The summed E-state index contributed by atoms with van der Waals surface area (Å²) in [5.74, 6) is 0.135. The molecular formula is C15H24N2OS. The van der Waals surface area contributed by atoms with Crippen LogP contribution < -0.4 is 10.6 Å². The normalized spacial score (nSPS) is 19.9. The maximum absolute atomic E-state index is 12.1. The number of carbonyl (C=O) groups excluding carboxylic acids is 1. The lowest BCUT2D eigenvalue weighted by Gasteiger charge is -2.25. The Morgan fingerprint density at radius 3 is 2.68 bits per heavy atom. The van der Waals surface area contributed by atoms with Crippen molar-refractivity contribution in [2.24, 2.45) is 0 Å². The highest BCUT2D eigenvalue weighted by Gasteiger charge is 2.21. The Morgan fingerprint density at radius 2 is 2.05 bits per heavy atom. The second-order valence-corrected chi connectivity index (χ2v) is 6.45. The molecule has 106 valence electrons. The standard InChI is InChI=1S/C15H24N2OS/c1-11(14-9-6-10-19-14)16-12(2)15(18)17-13-7-4-3-5-8-13/h6,9-13,16H,3-5,7-8H2,1-2H3,(H,17,18). The fraction of sp³-hybridized carbons (Fsp3) is 0.667. The van der Waals surface area contributed by atoms with E-state index in [1.165, 1.54) is 24.1 Å². The highest BCUT2D eigenvalue weighted by atomic mass is 32.1. The molecule has 2 atom stereocenters. The van der Waals surface area contributed by atoms with Crippen molar-refractivity contribution in [3.05, 3.63) is 22.4 Å². The van der Waals surface area contributed by atoms with Gasteiger partial charge in [-0.15, -0.1) is 11.3 Å². The van der Waals surface area contributed by atoms with Crippen LogP contribution in [0.3, 0.4) is 0 Å². The van der Waals surface area contributed by atoms with Gasteiger partial charge in [-0.25, -0.2) is 0 Å². The molecule has 2 rings (SSSR count). The van der Waals surface area contributed by atoms with Gasteiger partial charge < -0.3 is 5.32 Å². The van der Waals surface area contributed by atoms with Gasteiger partial charge in [0.05, 0.1) is 6.04 Å². The van der Waals surface area contributed by atoms with Crippen LogP contribution >= 0.6 is 11.3 Å². The van der Waals surface area contributed by atoms with E-state index in [9.17, 15) is 4.79 Å². The fourth-order valence-electron chi connectivity index (χ4n) is 2.64. The van der Waals surface area contributed by atoms with Crippen molar-refractivity contribution in [3.63, 3.8) is 0 Å². The van der Waals surface area contributed by atoms with Gasteiger partial charge in [0, 0.05) is 17.0 Å². The molecule has 1 fully saturated rings. The minimum Gasteiger partial charge on any atom is -0.352 e. The Balaban J connectivity index is 1.78. The maximum Gasteiger partial charge on any atom is 0.237 e. The van der Waals surface area contributed by atoms with Crippen molar-refractivity contribution in [2.45, 2.75) is 64.1 Å². The Kier molecular flexibility index (Phi) is 5.40. The first-order chi connectivity index (χ1) is 9.16. The lowest BCUT2D eigenvalue weighted by atomic mass is 9.95. The van der Waals surface area contributed by atoms with E-state index >= 15 is 0 Å². The number of nitrogens with one attached hydrogen (secondary N) is 2. The molecule has 0 bridgehead atoms. The Labute approximate surface area is 119 Å². The number of thiophene rings is 1. The molecule has 3 nitrogen and oxygen atoms in total. The SMILES string of the molecule is CC(NC(C)c1cccs1)C(=O)NC1CCCCC1. The molecule has 1 saturated carbocycles. The van der Waals surface area contributed by atoms with Crippen LogP contribution in [0.2, 0.25) is 0 Å². The molecule has 1 amide bonds. The molecule has 1 aromatic heterocycles. The minimum absolute atomic E-state index is 0.135. The summed E-state index contributed by atoms with van der Waals surface area (Å²) in [5, 5.41) is 8.61. The van der Waals surface area contributed by atoms with E-state index < -0.39 is 0 Å². The molecular weight excluding hydrogens is 256 g/mol. The molecule has 0 radical (unpaired) electrons. The first-order valence-corrected chi connectivity index (χ1v) is 8.14. The van der Waals surface area contributed by atoms with Crippen molar-refractivity contribution in [2.75, 3.05) is 0 Å². The number of rotatable bonds is 5. The highest BCUT2D eigenvalue weighted by Crippen LogP contribution is 2.19. The van der Waals surface area contributed by atoms with Crippen LogP contribution in [0, 0.1) is 0 Å². The smallest absolute Gasteiger partial charge is 0.237 e. The van der Waals surface area contributed by atoms with E-state index in [-0.39, 0.29) is 18.0 Å². The number of amides is 1.